The van der Waals surface area contributed by atoms with Gasteiger partial charge in [-0.25, -0.2) is 0 Å². The highest BCUT2D eigenvalue weighted by molar-refractivity contribution is 7.12. The first kappa shape index (κ1) is 9.92. The predicted octanol–water partition coefficient (Wildman–Crippen LogP) is 1.60. The molecular weight excluding hydrogens is 210 g/mol. The van der Waals surface area contributed by atoms with Crippen molar-refractivity contribution in [2.75, 3.05) is 5.73 Å². The van der Waals surface area contributed by atoms with Crippen LogP contribution in [0, 0.1) is 6.92 Å². The Labute approximate surface area is 91.3 Å². The number of thiophene rings is 1. The second-order valence-electron chi connectivity index (χ2n) is 3.33. The summed E-state index contributed by atoms with van der Waals surface area (Å²) in [4.78, 5) is 12.8. The lowest BCUT2D eigenvalue weighted by atomic mass is 10.1. The average molecular weight is 221 g/mol. The van der Waals surface area contributed by atoms with Crippen molar-refractivity contribution in [3.8, 4) is 0 Å². The van der Waals surface area contributed by atoms with E-state index in [1.54, 1.807) is 7.05 Å². The summed E-state index contributed by atoms with van der Waals surface area (Å²) in [6.45, 7) is 1.91. The molecule has 0 amide bonds. The Bertz CT molecular complexity index is 512. The van der Waals surface area contributed by atoms with Gasteiger partial charge in [-0.3, -0.25) is 9.48 Å². The monoisotopic (exact) mass is 221 g/mol. The van der Waals surface area contributed by atoms with Crippen molar-refractivity contribution >= 4 is 22.9 Å². The summed E-state index contributed by atoms with van der Waals surface area (Å²) in [6.07, 6.45) is 1.51. The maximum Gasteiger partial charge on any atom is 0.208 e. The lowest BCUT2D eigenvalue weighted by Gasteiger charge is -1.98. The van der Waals surface area contributed by atoms with Crippen LogP contribution < -0.4 is 5.73 Å². The van der Waals surface area contributed by atoms with Crippen molar-refractivity contribution < 1.29 is 4.79 Å². The molecule has 0 aromatic carbocycles. The van der Waals surface area contributed by atoms with Gasteiger partial charge < -0.3 is 5.73 Å². The van der Waals surface area contributed by atoms with Gasteiger partial charge in [0.1, 0.15) is 5.82 Å². The molecule has 0 bridgehead atoms. The SMILES string of the molecule is Cc1ccsc1C(=O)c1cnn(C)c1N. The molecule has 0 aliphatic rings. The van der Waals surface area contributed by atoms with Crippen LogP contribution in [0.1, 0.15) is 20.8 Å². The van der Waals surface area contributed by atoms with E-state index in [0.29, 0.717) is 11.4 Å². The summed E-state index contributed by atoms with van der Waals surface area (Å²) in [5, 5.41) is 5.85. The Morgan fingerprint density at radius 3 is 2.80 bits per heavy atom. The minimum absolute atomic E-state index is 0.0481. The van der Waals surface area contributed by atoms with Crippen molar-refractivity contribution in [3.63, 3.8) is 0 Å². The van der Waals surface area contributed by atoms with Gasteiger partial charge in [-0.1, -0.05) is 0 Å². The van der Waals surface area contributed by atoms with E-state index in [1.165, 1.54) is 22.2 Å². The predicted molar refractivity (Wildman–Crippen MR) is 60.1 cm³/mol. The summed E-state index contributed by atoms with van der Waals surface area (Å²) < 4.78 is 1.50. The molecule has 0 spiro atoms. The molecule has 5 heteroatoms. The molecule has 0 aliphatic heterocycles. The Morgan fingerprint density at radius 2 is 2.33 bits per heavy atom. The number of hydrogen-bond acceptors (Lipinski definition) is 4. The molecule has 2 rings (SSSR count). The lowest BCUT2D eigenvalue weighted by Crippen LogP contribution is -2.05. The van der Waals surface area contributed by atoms with Crippen LogP contribution in [0.3, 0.4) is 0 Å². The largest absolute Gasteiger partial charge is 0.383 e. The van der Waals surface area contributed by atoms with E-state index in [-0.39, 0.29) is 5.78 Å². The average Bonchev–Trinajstić information content (AvgIpc) is 2.75. The number of anilines is 1. The van der Waals surface area contributed by atoms with Gasteiger partial charge in [-0.15, -0.1) is 11.3 Å². The van der Waals surface area contributed by atoms with Gasteiger partial charge in [0.25, 0.3) is 0 Å². The van der Waals surface area contributed by atoms with E-state index in [2.05, 4.69) is 5.10 Å². The van der Waals surface area contributed by atoms with Crippen LogP contribution in [0.2, 0.25) is 0 Å². The molecule has 15 heavy (non-hydrogen) atoms. The topological polar surface area (TPSA) is 60.9 Å². The number of ketones is 1. The molecule has 0 fully saturated rings. The van der Waals surface area contributed by atoms with Crippen LogP contribution in [-0.4, -0.2) is 15.6 Å². The molecule has 0 aliphatic carbocycles. The third kappa shape index (κ3) is 1.55. The van der Waals surface area contributed by atoms with Crippen molar-refractivity contribution in [1.29, 1.82) is 0 Å². The summed E-state index contributed by atoms with van der Waals surface area (Å²) >= 11 is 1.43. The highest BCUT2D eigenvalue weighted by Gasteiger charge is 2.18. The molecule has 0 saturated carbocycles. The highest BCUT2D eigenvalue weighted by atomic mass is 32.1. The standard InChI is InChI=1S/C10H11N3OS/c1-6-3-4-15-9(6)8(14)7-5-12-13(2)10(7)11/h3-5H,11H2,1-2H3. The lowest BCUT2D eigenvalue weighted by molar-refractivity contribution is 0.104. The zero-order valence-corrected chi connectivity index (χ0v) is 9.34. The molecule has 0 atom stereocenters. The van der Waals surface area contributed by atoms with Crippen LogP contribution >= 0.6 is 11.3 Å². The van der Waals surface area contributed by atoms with Gasteiger partial charge in [-0.05, 0) is 23.9 Å². The van der Waals surface area contributed by atoms with Gasteiger partial charge in [0.15, 0.2) is 0 Å². The first-order chi connectivity index (χ1) is 7.11. The minimum Gasteiger partial charge on any atom is -0.383 e. The molecule has 0 saturated heterocycles. The third-order valence-corrected chi connectivity index (χ3v) is 3.31. The molecule has 4 nitrogen and oxygen atoms in total. The van der Waals surface area contributed by atoms with Gasteiger partial charge >= 0.3 is 0 Å². The molecule has 2 aromatic heterocycles. The van der Waals surface area contributed by atoms with Crippen molar-refractivity contribution in [1.82, 2.24) is 9.78 Å². The third-order valence-electron chi connectivity index (χ3n) is 2.30. The quantitative estimate of drug-likeness (QED) is 0.783. The fourth-order valence-corrected chi connectivity index (χ4v) is 2.23. The summed E-state index contributed by atoms with van der Waals surface area (Å²) in [5.74, 6) is 0.362. The van der Waals surface area contributed by atoms with Gasteiger partial charge in [0.2, 0.25) is 5.78 Å². The second-order valence-corrected chi connectivity index (χ2v) is 4.25. The summed E-state index contributed by atoms with van der Waals surface area (Å²) in [7, 11) is 1.72. The zero-order valence-electron chi connectivity index (χ0n) is 8.52. The normalized spacial score (nSPS) is 10.5. The summed E-state index contributed by atoms with van der Waals surface area (Å²) in [5.41, 5.74) is 7.20. The molecular formula is C10H11N3OS. The smallest absolute Gasteiger partial charge is 0.208 e. The maximum atomic E-state index is 12.0. The number of rotatable bonds is 2. The first-order valence-corrected chi connectivity index (χ1v) is 5.35. The van der Waals surface area contributed by atoms with E-state index in [1.807, 2.05) is 18.4 Å². The fraction of sp³-hybridized carbons (Fsp3) is 0.200. The first-order valence-electron chi connectivity index (χ1n) is 4.47. The van der Waals surface area contributed by atoms with Crippen LogP contribution in [0.5, 0.6) is 0 Å². The van der Waals surface area contributed by atoms with E-state index in [0.717, 1.165) is 10.4 Å². The fourth-order valence-electron chi connectivity index (χ4n) is 1.35. The molecule has 0 unspecified atom stereocenters. The van der Waals surface area contributed by atoms with Gasteiger partial charge in [0.05, 0.1) is 16.6 Å². The van der Waals surface area contributed by atoms with Gasteiger partial charge in [-0.2, -0.15) is 5.10 Å². The Hall–Kier alpha value is -1.62. The van der Waals surface area contributed by atoms with Crippen LogP contribution in [0.4, 0.5) is 5.82 Å². The van der Waals surface area contributed by atoms with Crippen molar-refractivity contribution in [3.05, 3.63) is 33.6 Å². The van der Waals surface area contributed by atoms with Crippen LogP contribution in [0.25, 0.3) is 0 Å². The van der Waals surface area contributed by atoms with Crippen molar-refractivity contribution in [2.45, 2.75) is 6.92 Å². The van der Waals surface area contributed by atoms with E-state index in [9.17, 15) is 4.79 Å². The number of nitrogens with two attached hydrogens (primary N) is 1. The Morgan fingerprint density at radius 1 is 1.60 bits per heavy atom. The van der Waals surface area contributed by atoms with E-state index in [4.69, 9.17) is 5.73 Å². The van der Waals surface area contributed by atoms with E-state index < -0.39 is 0 Å². The van der Waals surface area contributed by atoms with Crippen LogP contribution in [0.15, 0.2) is 17.6 Å². The zero-order chi connectivity index (χ0) is 11.0. The molecule has 0 radical (unpaired) electrons. The number of aromatic nitrogens is 2. The number of carbonyl (C=O) groups is 1. The molecule has 78 valence electrons. The highest BCUT2D eigenvalue weighted by Crippen LogP contribution is 2.22. The molecule has 2 aromatic rings. The molecule has 2 heterocycles. The summed E-state index contributed by atoms with van der Waals surface area (Å²) in [6, 6.07) is 1.92. The number of aryl methyl sites for hydroxylation is 2. The van der Waals surface area contributed by atoms with E-state index >= 15 is 0 Å². The van der Waals surface area contributed by atoms with Crippen molar-refractivity contribution in [2.24, 2.45) is 7.05 Å². The minimum atomic E-state index is -0.0481. The maximum absolute atomic E-state index is 12.0. The number of hydrogen-bond donors (Lipinski definition) is 1. The Kier molecular flexibility index (Phi) is 2.32. The Balaban J connectivity index is 2.46. The molecule has 2 N–H and O–H groups in total. The number of carbonyl (C=O) groups excluding carboxylic acids is 1. The van der Waals surface area contributed by atoms with Gasteiger partial charge in [0, 0.05) is 7.05 Å². The second kappa shape index (κ2) is 3.51. The number of nitrogens with zero attached hydrogens (tertiary/aromatic N) is 2. The van der Waals surface area contributed by atoms with Crippen LogP contribution in [-0.2, 0) is 7.05 Å². The number of nitrogen functional groups attached to an aromatic ring is 1.